The standard InChI is InChI=1S/C14H18N4O4S/c1-3-4-6-11-9-14(16-15-11)17-23(21,22)13-8-5-7-12(10(13)2)18(19)20/h5,7-9H,3-4,6H2,1-2H3,(H2,15,16,17). The molecular weight excluding hydrogens is 320 g/mol. The molecule has 0 amide bonds. The van der Waals surface area contributed by atoms with Crippen molar-refractivity contribution in [3.05, 3.63) is 45.6 Å². The Morgan fingerprint density at radius 2 is 2.13 bits per heavy atom. The Bertz CT molecular complexity index is 814. The van der Waals surface area contributed by atoms with Crippen LogP contribution in [0.2, 0.25) is 0 Å². The molecule has 8 nitrogen and oxygen atoms in total. The molecule has 0 saturated heterocycles. The smallest absolute Gasteiger partial charge is 0.273 e. The van der Waals surface area contributed by atoms with Crippen LogP contribution < -0.4 is 4.72 Å². The van der Waals surface area contributed by atoms with Crippen LogP contribution in [0, 0.1) is 17.0 Å². The van der Waals surface area contributed by atoms with E-state index in [0.29, 0.717) is 0 Å². The summed E-state index contributed by atoms with van der Waals surface area (Å²) in [7, 11) is -3.94. The van der Waals surface area contributed by atoms with Crippen molar-refractivity contribution in [2.45, 2.75) is 38.0 Å². The fraction of sp³-hybridized carbons (Fsp3) is 0.357. The van der Waals surface area contributed by atoms with E-state index in [1.165, 1.54) is 25.1 Å². The number of nitro benzene ring substituents is 1. The number of unbranched alkanes of at least 4 members (excludes halogenated alkanes) is 1. The average Bonchev–Trinajstić information content (AvgIpc) is 2.91. The summed E-state index contributed by atoms with van der Waals surface area (Å²) in [5, 5.41) is 17.6. The number of hydrogen-bond donors (Lipinski definition) is 2. The molecule has 0 aliphatic carbocycles. The quantitative estimate of drug-likeness (QED) is 0.594. The van der Waals surface area contributed by atoms with E-state index >= 15 is 0 Å². The summed E-state index contributed by atoms with van der Waals surface area (Å²) in [6.45, 7) is 3.47. The first kappa shape index (κ1) is 16.9. The molecule has 9 heteroatoms. The summed E-state index contributed by atoms with van der Waals surface area (Å²) >= 11 is 0. The fourth-order valence-corrected chi connectivity index (χ4v) is 3.45. The molecule has 0 fully saturated rings. The van der Waals surface area contributed by atoms with Gasteiger partial charge in [-0.2, -0.15) is 5.10 Å². The number of rotatable bonds is 7. The van der Waals surface area contributed by atoms with Gasteiger partial charge in [0, 0.05) is 23.4 Å². The van der Waals surface area contributed by atoms with Crippen LogP contribution in [-0.4, -0.2) is 23.5 Å². The van der Waals surface area contributed by atoms with Crippen molar-refractivity contribution in [2.24, 2.45) is 0 Å². The van der Waals surface area contributed by atoms with E-state index in [4.69, 9.17) is 0 Å². The molecule has 0 bridgehead atoms. The lowest BCUT2D eigenvalue weighted by Crippen LogP contribution is -2.15. The van der Waals surface area contributed by atoms with E-state index in [1.807, 2.05) is 0 Å². The van der Waals surface area contributed by atoms with E-state index in [0.717, 1.165) is 25.0 Å². The molecule has 23 heavy (non-hydrogen) atoms. The zero-order chi connectivity index (χ0) is 17.0. The van der Waals surface area contributed by atoms with Gasteiger partial charge in [-0.1, -0.05) is 19.4 Å². The summed E-state index contributed by atoms with van der Waals surface area (Å²) < 4.78 is 27.2. The van der Waals surface area contributed by atoms with Crippen molar-refractivity contribution < 1.29 is 13.3 Å². The minimum Gasteiger partial charge on any atom is -0.280 e. The summed E-state index contributed by atoms with van der Waals surface area (Å²) in [6, 6.07) is 5.57. The first-order chi connectivity index (χ1) is 10.8. The van der Waals surface area contributed by atoms with E-state index < -0.39 is 14.9 Å². The van der Waals surface area contributed by atoms with Gasteiger partial charge in [0.25, 0.3) is 15.7 Å². The summed E-state index contributed by atoms with van der Waals surface area (Å²) in [6.07, 6.45) is 2.77. The molecule has 0 saturated carbocycles. The Hall–Kier alpha value is -2.42. The predicted molar refractivity (Wildman–Crippen MR) is 85.8 cm³/mol. The largest absolute Gasteiger partial charge is 0.280 e. The van der Waals surface area contributed by atoms with Crippen molar-refractivity contribution in [3.8, 4) is 0 Å². The molecule has 1 aromatic heterocycles. The van der Waals surface area contributed by atoms with Crippen molar-refractivity contribution in [3.63, 3.8) is 0 Å². The number of hydrogen-bond acceptors (Lipinski definition) is 5. The molecule has 0 radical (unpaired) electrons. The van der Waals surface area contributed by atoms with E-state index in [9.17, 15) is 18.5 Å². The highest BCUT2D eigenvalue weighted by atomic mass is 32.2. The number of H-pyrrole nitrogens is 1. The molecule has 2 rings (SSSR count). The fourth-order valence-electron chi connectivity index (χ4n) is 2.19. The maximum absolute atomic E-state index is 12.4. The second-order valence-corrected chi connectivity index (χ2v) is 6.80. The lowest BCUT2D eigenvalue weighted by Gasteiger charge is -2.08. The molecule has 0 aliphatic rings. The Morgan fingerprint density at radius 3 is 2.78 bits per heavy atom. The highest BCUT2D eigenvalue weighted by molar-refractivity contribution is 7.92. The number of anilines is 1. The van der Waals surface area contributed by atoms with E-state index in [2.05, 4.69) is 21.8 Å². The van der Waals surface area contributed by atoms with Gasteiger partial charge in [-0.15, -0.1) is 0 Å². The van der Waals surface area contributed by atoms with Crippen LogP contribution in [0.4, 0.5) is 11.5 Å². The van der Waals surface area contributed by atoms with Gasteiger partial charge in [0.1, 0.15) is 0 Å². The van der Waals surface area contributed by atoms with Crippen molar-refractivity contribution in [1.29, 1.82) is 0 Å². The first-order valence-corrected chi connectivity index (χ1v) is 8.64. The normalized spacial score (nSPS) is 11.4. The topological polar surface area (TPSA) is 118 Å². The lowest BCUT2D eigenvalue weighted by atomic mass is 10.2. The van der Waals surface area contributed by atoms with Crippen LogP contribution >= 0.6 is 0 Å². The van der Waals surface area contributed by atoms with Crippen LogP contribution in [0.15, 0.2) is 29.2 Å². The van der Waals surface area contributed by atoms with Gasteiger partial charge < -0.3 is 0 Å². The van der Waals surface area contributed by atoms with Gasteiger partial charge in [0.2, 0.25) is 0 Å². The number of aromatic nitrogens is 2. The zero-order valence-electron chi connectivity index (χ0n) is 12.9. The number of aryl methyl sites for hydroxylation is 1. The maximum atomic E-state index is 12.4. The minimum atomic E-state index is -3.94. The monoisotopic (exact) mass is 338 g/mol. The predicted octanol–water partition coefficient (Wildman–Crippen LogP) is 2.77. The zero-order valence-corrected chi connectivity index (χ0v) is 13.7. The van der Waals surface area contributed by atoms with E-state index in [-0.39, 0.29) is 22.0 Å². The average molecular weight is 338 g/mol. The second kappa shape index (κ2) is 6.78. The molecule has 0 unspecified atom stereocenters. The number of nitrogens with zero attached hydrogens (tertiary/aromatic N) is 2. The third kappa shape index (κ3) is 3.86. The molecule has 0 spiro atoms. The third-order valence-corrected chi connectivity index (χ3v) is 4.91. The third-order valence-electron chi connectivity index (χ3n) is 3.41. The Balaban J connectivity index is 2.27. The van der Waals surface area contributed by atoms with Gasteiger partial charge in [0.05, 0.1) is 9.82 Å². The number of sulfonamides is 1. The molecule has 0 aliphatic heterocycles. The van der Waals surface area contributed by atoms with Gasteiger partial charge in [-0.25, -0.2) is 8.42 Å². The summed E-state index contributed by atoms with van der Waals surface area (Å²) in [5.41, 5.74) is 0.686. The van der Waals surface area contributed by atoms with Crippen LogP contribution in [0.5, 0.6) is 0 Å². The van der Waals surface area contributed by atoms with Crippen molar-refractivity contribution >= 4 is 21.5 Å². The van der Waals surface area contributed by atoms with Crippen molar-refractivity contribution in [2.75, 3.05) is 4.72 Å². The molecule has 2 N–H and O–H groups in total. The van der Waals surface area contributed by atoms with Gasteiger partial charge in [0.15, 0.2) is 5.82 Å². The highest BCUT2D eigenvalue weighted by Gasteiger charge is 2.23. The number of aromatic amines is 1. The minimum absolute atomic E-state index is 0.0896. The molecule has 124 valence electrons. The Morgan fingerprint density at radius 1 is 1.39 bits per heavy atom. The second-order valence-electron chi connectivity index (χ2n) is 5.14. The Labute approximate surface area is 134 Å². The van der Waals surface area contributed by atoms with Gasteiger partial charge >= 0.3 is 0 Å². The Kier molecular flexibility index (Phi) is 4.99. The molecule has 2 aromatic rings. The lowest BCUT2D eigenvalue weighted by molar-refractivity contribution is -0.385. The molecule has 1 heterocycles. The highest BCUT2D eigenvalue weighted by Crippen LogP contribution is 2.26. The maximum Gasteiger partial charge on any atom is 0.273 e. The SMILES string of the molecule is CCCCc1cc(NS(=O)(=O)c2cccc([N+](=O)[O-])c2C)n[nH]1. The van der Waals surface area contributed by atoms with Crippen molar-refractivity contribution in [1.82, 2.24) is 10.2 Å². The summed E-state index contributed by atoms with van der Waals surface area (Å²) in [5.74, 6) is 0.169. The van der Waals surface area contributed by atoms with Crippen LogP contribution in [0.3, 0.4) is 0 Å². The molecule has 0 atom stereocenters. The number of benzene rings is 1. The van der Waals surface area contributed by atoms with Gasteiger partial charge in [-0.3, -0.25) is 19.9 Å². The van der Waals surface area contributed by atoms with Crippen LogP contribution in [0.1, 0.15) is 31.0 Å². The molecule has 1 aromatic carbocycles. The first-order valence-electron chi connectivity index (χ1n) is 7.16. The summed E-state index contributed by atoms with van der Waals surface area (Å²) in [4.78, 5) is 10.2. The van der Waals surface area contributed by atoms with E-state index in [1.54, 1.807) is 6.07 Å². The number of nitro groups is 1. The molecular formula is C14H18N4O4S. The van der Waals surface area contributed by atoms with Crippen LogP contribution in [0.25, 0.3) is 0 Å². The van der Waals surface area contributed by atoms with Crippen LogP contribution in [-0.2, 0) is 16.4 Å². The van der Waals surface area contributed by atoms with Gasteiger partial charge in [-0.05, 0) is 25.8 Å². The number of nitrogens with one attached hydrogen (secondary N) is 2.